The maximum absolute atomic E-state index is 14.8. The van der Waals surface area contributed by atoms with Gasteiger partial charge in [0, 0.05) is 42.3 Å². The van der Waals surface area contributed by atoms with E-state index in [0.29, 0.717) is 32.9 Å². The Labute approximate surface area is 296 Å². The number of halogens is 1. The summed E-state index contributed by atoms with van der Waals surface area (Å²) in [7, 11) is 4.98. The molecule has 0 unspecified atom stereocenters. The van der Waals surface area contributed by atoms with Gasteiger partial charge < -0.3 is 29.9 Å². The Kier molecular flexibility index (Phi) is 14.6. The number of likely N-dealkylation sites (tertiary alicyclic amines) is 1. The summed E-state index contributed by atoms with van der Waals surface area (Å²) in [4.78, 5) is 67.9. The van der Waals surface area contributed by atoms with Crippen LogP contribution in [0.15, 0.2) is 42.7 Å². The Morgan fingerprint density at radius 1 is 1.00 bits per heavy atom. The lowest BCUT2D eigenvalue weighted by Crippen LogP contribution is -2.41. The topological polar surface area (TPSA) is 185 Å². The van der Waals surface area contributed by atoms with Gasteiger partial charge in [-0.15, -0.1) is 0 Å². The maximum atomic E-state index is 14.8. The second-order valence-electron chi connectivity index (χ2n) is 13.0. The van der Waals surface area contributed by atoms with Crippen molar-refractivity contribution < 1.29 is 37.9 Å². The molecule has 0 spiro atoms. The molecule has 0 atom stereocenters. The number of hydrogen-bond donors (Lipinski definition) is 3. The summed E-state index contributed by atoms with van der Waals surface area (Å²) >= 11 is 0. The van der Waals surface area contributed by atoms with Crippen LogP contribution >= 0.6 is 0 Å². The number of piperidine rings is 1. The van der Waals surface area contributed by atoms with Crippen molar-refractivity contribution in [1.29, 1.82) is 0 Å². The van der Waals surface area contributed by atoms with Gasteiger partial charge in [0.25, 0.3) is 0 Å². The molecule has 4 aromatic rings. The number of carbonyl (C=O) groups excluding carboxylic acids is 6. The summed E-state index contributed by atoms with van der Waals surface area (Å²) in [5.41, 5.74) is 1.30. The molecule has 3 N–H and O–H groups in total. The van der Waals surface area contributed by atoms with E-state index in [1.165, 1.54) is 10.7 Å². The first-order valence-electron chi connectivity index (χ1n) is 16.4. The average Bonchev–Trinajstić information content (AvgIpc) is 3.72. The summed E-state index contributed by atoms with van der Waals surface area (Å²) in [5, 5.41) is 17.3. The summed E-state index contributed by atoms with van der Waals surface area (Å²) < 4.78 is 21.4. The van der Waals surface area contributed by atoms with Crippen LogP contribution in [0, 0.1) is 11.7 Å². The lowest BCUT2D eigenvalue weighted by Gasteiger charge is -2.30. The lowest BCUT2D eigenvalue weighted by atomic mass is 9.96. The first kappa shape index (κ1) is 40.0. The van der Waals surface area contributed by atoms with Crippen LogP contribution in [0.3, 0.4) is 0 Å². The molecule has 1 saturated heterocycles. The maximum Gasteiger partial charge on any atom is 0.325 e. The molecule has 0 saturated carbocycles. The number of aromatic amines is 1. The minimum absolute atomic E-state index is 0.0655. The highest BCUT2D eigenvalue weighted by molar-refractivity contribution is 6.57. The van der Waals surface area contributed by atoms with Crippen LogP contribution < -0.4 is 10.6 Å². The molecule has 1 aliphatic rings. The highest BCUT2D eigenvalue weighted by Gasteiger charge is 2.20. The third-order valence-electron chi connectivity index (χ3n) is 7.82. The summed E-state index contributed by atoms with van der Waals surface area (Å²) in [6, 6.07) is 8.42. The Balaban J connectivity index is 0.000000368. The molecule has 5 rings (SSSR count). The number of hydrogen-bond acceptors (Lipinski definition) is 9. The van der Waals surface area contributed by atoms with Crippen molar-refractivity contribution in [1.82, 2.24) is 35.5 Å². The molecular formula is C35H43BFN7O7. The van der Waals surface area contributed by atoms with Crippen LogP contribution in [0.1, 0.15) is 53.4 Å². The van der Waals surface area contributed by atoms with Crippen LogP contribution in [-0.4, -0.2) is 101 Å². The molecule has 14 nitrogen and oxygen atoms in total. The van der Waals surface area contributed by atoms with E-state index in [9.17, 15) is 28.4 Å². The third kappa shape index (κ3) is 12.2. The van der Waals surface area contributed by atoms with E-state index in [-0.39, 0.29) is 38.4 Å². The normalized spacial score (nSPS) is 13.0. The number of rotatable bonds is 10. The first-order chi connectivity index (χ1) is 24.2. The fraction of sp³-hybridized carbons (Fsp3) is 0.429. The van der Waals surface area contributed by atoms with Gasteiger partial charge in [0.05, 0.1) is 35.7 Å². The smallest absolute Gasteiger partial charge is 0.325 e. The second kappa shape index (κ2) is 18.5. The summed E-state index contributed by atoms with van der Waals surface area (Å²) in [5.74, 6) is -1.15. The molecule has 0 aliphatic carbocycles. The van der Waals surface area contributed by atoms with Gasteiger partial charge in [0.2, 0.25) is 17.7 Å². The minimum atomic E-state index is -0.653. The van der Waals surface area contributed by atoms with Crippen LogP contribution in [0.2, 0.25) is 0 Å². The van der Waals surface area contributed by atoms with Crippen molar-refractivity contribution in [2.24, 2.45) is 5.92 Å². The van der Waals surface area contributed by atoms with E-state index in [0.717, 1.165) is 31.8 Å². The molecule has 16 heteroatoms. The molecule has 51 heavy (non-hydrogen) atoms. The molecule has 270 valence electrons. The summed E-state index contributed by atoms with van der Waals surface area (Å²) in [6.45, 7) is 10.3. The molecule has 2 aromatic heterocycles. The van der Waals surface area contributed by atoms with Crippen molar-refractivity contribution in [3.8, 4) is 11.1 Å². The number of nitrogens with zero attached hydrogens (tertiary/aromatic N) is 4. The zero-order chi connectivity index (χ0) is 37.7. The van der Waals surface area contributed by atoms with Gasteiger partial charge in [0.15, 0.2) is 7.85 Å². The van der Waals surface area contributed by atoms with Gasteiger partial charge in [-0.2, -0.15) is 10.2 Å². The monoisotopic (exact) mass is 703 g/mol. The highest BCUT2D eigenvalue weighted by atomic mass is 19.1. The van der Waals surface area contributed by atoms with Gasteiger partial charge in [-0.05, 0) is 63.3 Å². The van der Waals surface area contributed by atoms with Crippen LogP contribution in [0.5, 0.6) is 0 Å². The largest absolute Gasteiger partial charge is 0.459 e. The number of ether oxygens (including phenoxy) is 1. The van der Waals surface area contributed by atoms with Crippen LogP contribution in [0.4, 0.5) is 4.39 Å². The van der Waals surface area contributed by atoms with E-state index in [4.69, 9.17) is 17.4 Å². The van der Waals surface area contributed by atoms with Gasteiger partial charge in [-0.3, -0.25) is 29.0 Å². The van der Waals surface area contributed by atoms with Gasteiger partial charge in [-0.25, -0.2) is 4.39 Å². The van der Waals surface area contributed by atoms with Gasteiger partial charge >= 0.3 is 5.97 Å². The number of carbonyl (C=O) groups is 6. The molecule has 3 heterocycles. The van der Waals surface area contributed by atoms with Crippen molar-refractivity contribution in [2.75, 3.05) is 26.2 Å². The molecule has 1 fully saturated rings. The number of amides is 3. The number of benzene rings is 2. The van der Waals surface area contributed by atoms with Crippen LogP contribution in [0.25, 0.3) is 32.9 Å². The van der Waals surface area contributed by atoms with E-state index >= 15 is 0 Å². The molecular weight excluding hydrogens is 660 g/mol. The summed E-state index contributed by atoms with van der Waals surface area (Å²) in [6.07, 6.45) is 5.71. The third-order valence-corrected chi connectivity index (χ3v) is 7.82. The average molecular weight is 704 g/mol. The number of aromatic nitrogens is 4. The molecule has 2 aromatic carbocycles. The fourth-order valence-corrected chi connectivity index (χ4v) is 5.26. The minimum Gasteiger partial charge on any atom is -0.459 e. The van der Waals surface area contributed by atoms with E-state index in [2.05, 4.69) is 32.9 Å². The second-order valence-corrected chi connectivity index (χ2v) is 13.0. The number of nitrogens with one attached hydrogen (secondary N) is 3. The van der Waals surface area contributed by atoms with Crippen molar-refractivity contribution in [3.63, 3.8) is 0 Å². The first-order valence-corrected chi connectivity index (χ1v) is 16.4. The Bertz CT molecular complexity index is 1840. The Hall–Kier alpha value is -5.41. The predicted octanol–water partition coefficient (Wildman–Crippen LogP) is 2.83. The molecule has 3 amide bonds. The SMILES string of the molecule is C=O.CC(C)(C)OC(=O)CNC(=O)CNC(=O)Cn1ncc2c(-c3cc4[nH]ncc4cc3F)cccc21.[B]C(=O)CCC(=O)N1CCC(C)CC1. The standard InChI is InChI=1S/C24H25FN6O4.C10H16BNO2.CH2O/c1-24(2,3)35-23(34)12-27-21(32)11-26-22(33)13-31-20-6-4-5-15(17(20)10-29-31)16-8-19-14(7-18(16)25)9-28-30-19;1-8-4-6-12(7-5-8)10(14)3-2-9(11)13;1-2/h4-10H,11-13H2,1-3H3,(H,26,33)(H,27,32)(H,28,30);8H,2-7H2,1H3;1H2. The van der Waals surface area contributed by atoms with Crippen molar-refractivity contribution >= 4 is 65.8 Å². The lowest BCUT2D eigenvalue weighted by molar-refractivity contribution is -0.154. The Morgan fingerprint density at radius 2 is 1.69 bits per heavy atom. The van der Waals surface area contributed by atoms with Crippen molar-refractivity contribution in [2.45, 2.75) is 65.5 Å². The van der Waals surface area contributed by atoms with E-state index < -0.39 is 34.9 Å². The van der Waals surface area contributed by atoms with E-state index in [1.807, 2.05) is 11.7 Å². The molecule has 2 radical (unpaired) electrons. The number of H-pyrrole nitrogens is 1. The van der Waals surface area contributed by atoms with Crippen molar-refractivity contribution in [3.05, 3.63) is 48.5 Å². The quantitative estimate of drug-likeness (QED) is 0.165. The zero-order valence-corrected chi connectivity index (χ0v) is 29.3. The highest BCUT2D eigenvalue weighted by Crippen LogP contribution is 2.32. The predicted molar refractivity (Wildman–Crippen MR) is 189 cm³/mol. The Morgan fingerprint density at radius 3 is 2.35 bits per heavy atom. The van der Waals surface area contributed by atoms with Crippen LogP contribution in [-0.2, 0) is 40.0 Å². The van der Waals surface area contributed by atoms with Gasteiger partial charge in [-0.1, -0.05) is 19.1 Å². The zero-order valence-electron chi connectivity index (χ0n) is 29.3. The number of fused-ring (bicyclic) bond motifs is 2. The fourth-order valence-electron chi connectivity index (χ4n) is 5.26. The van der Waals surface area contributed by atoms with E-state index in [1.54, 1.807) is 57.4 Å². The number of esters is 1. The molecule has 1 aliphatic heterocycles. The van der Waals surface area contributed by atoms with Gasteiger partial charge in [0.1, 0.15) is 31.3 Å². The molecule has 0 bridgehead atoms.